The highest BCUT2D eigenvalue weighted by Gasteiger charge is 2.34. The van der Waals surface area contributed by atoms with E-state index in [0.29, 0.717) is 0 Å². The van der Waals surface area contributed by atoms with Crippen LogP contribution < -0.4 is 5.43 Å². The molecule has 0 radical (unpaired) electrons. The van der Waals surface area contributed by atoms with Gasteiger partial charge in [-0.2, -0.15) is 18.3 Å². The van der Waals surface area contributed by atoms with Gasteiger partial charge in [-0.15, -0.1) is 0 Å². The molecule has 0 spiro atoms. The molecule has 64 valence electrons. The maximum Gasteiger partial charge on any atom is 0.446 e. The Morgan fingerprint density at radius 1 is 1.55 bits per heavy atom. The Balaban J connectivity index is 4.12. The first-order chi connectivity index (χ1) is 4.84. The van der Waals surface area contributed by atoms with Crippen LogP contribution in [0.25, 0.3) is 0 Å². The second-order valence-corrected chi connectivity index (χ2v) is 1.68. The third-order valence-corrected chi connectivity index (χ3v) is 0.782. The number of hydrogen-bond acceptors (Lipinski definition) is 2. The van der Waals surface area contributed by atoms with E-state index in [1.165, 1.54) is 0 Å². The minimum absolute atomic E-state index is 1.10. The number of hydrazone groups is 1. The molecule has 11 heavy (non-hydrogen) atoms. The van der Waals surface area contributed by atoms with Crippen LogP contribution in [0, 0.1) is 0 Å². The molecule has 0 aliphatic carbocycles. The van der Waals surface area contributed by atoms with Crippen molar-refractivity contribution in [1.82, 2.24) is 5.43 Å². The first-order valence-electron chi connectivity index (χ1n) is 2.13. The van der Waals surface area contributed by atoms with Crippen molar-refractivity contribution in [3.63, 3.8) is 0 Å². The highest BCUT2D eigenvalue weighted by molar-refractivity contribution is 6.66. The standard InChI is InChI=1S/C3H2ClF3N2O2/c4-1(3(5,6)7)8-9-2(10)11/h9H,(H,10,11). The van der Waals surface area contributed by atoms with Crippen molar-refractivity contribution in [2.24, 2.45) is 5.10 Å². The number of carboxylic acid groups (broad SMARTS) is 1. The van der Waals surface area contributed by atoms with Crippen molar-refractivity contribution < 1.29 is 23.1 Å². The van der Waals surface area contributed by atoms with E-state index >= 15 is 0 Å². The van der Waals surface area contributed by atoms with E-state index < -0.39 is 17.4 Å². The molecule has 0 aromatic carbocycles. The highest BCUT2D eigenvalue weighted by Crippen LogP contribution is 2.18. The Hall–Kier alpha value is -0.980. The van der Waals surface area contributed by atoms with Crippen molar-refractivity contribution in [1.29, 1.82) is 0 Å². The third kappa shape index (κ3) is 4.43. The first-order valence-corrected chi connectivity index (χ1v) is 2.51. The molecule has 0 unspecified atom stereocenters. The summed E-state index contributed by atoms with van der Waals surface area (Å²) in [5.74, 6) is 0. The van der Waals surface area contributed by atoms with Gasteiger partial charge in [0.2, 0.25) is 5.17 Å². The predicted molar refractivity (Wildman–Crippen MR) is 30.5 cm³/mol. The van der Waals surface area contributed by atoms with E-state index in [-0.39, 0.29) is 0 Å². The van der Waals surface area contributed by atoms with Crippen LogP contribution in [0.5, 0.6) is 0 Å². The van der Waals surface area contributed by atoms with E-state index in [2.05, 4.69) is 16.7 Å². The lowest BCUT2D eigenvalue weighted by Crippen LogP contribution is -2.23. The smallest absolute Gasteiger partial charge is 0.446 e. The fraction of sp³-hybridized carbons (Fsp3) is 0.333. The van der Waals surface area contributed by atoms with Crippen LogP contribution in [0.15, 0.2) is 5.10 Å². The van der Waals surface area contributed by atoms with E-state index in [1.54, 1.807) is 0 Å². The summed E-state index contributed by atoms with van der Waals surface area (Å²) in [4.78, 5) is 9.59. The monoisotopic (exact) mass is 190 g/mol. The van der Waals surface area contributed by atoms with Crippen molar-refractivity contribution in [3.8, 4) is 0 Å². The predicted octanol–water partition coefficient (Wildman–Crippen LogP) is 1.37. The van der Waals surface area contributed by atoms with Crippen molar-refractivity contribution >= 4 is 22.9 Å². The van der Waals surface area contributed by atoms with Gasteiger partial charge in [0, 0.05) is 0 Å². The van der Waals surface area contributed by atoms with Gasteiger partial charge in [0.25, 0.3) is 0 Å². The van der Waals surface area contributed by atoms with Gasteiger partial charge in [0.1, 0.15) is 0 Å². The Morgan fingerprint density at radius 3 is 2.27 bits per heavy atom. The Kier molecular flexibility index (Phi) is 3.12. The maximum absolute atomic E-state index is 11.4. The quantitative estimate of drug-likeness (QED) is 0.485. The molecular formula is C3H2ClF3N2O2. The van der Waals surface area contributed by atoms with Gasteiger partial charge in [-0.05, 0) is 0 Å². The van der Waals surface area contributed by atoms with E-state index in [9.17, 15) is 18.0 Å². The van der Waals surface area contributed by atoms with Crippen LogP contribution in [0.3, 0.4) is 0 Å². The zero-order valence-electron chi connectivity index (χ0n) is 4.81. The van der Waals surface area contributed by atoms with E-state index in [1.807, 2.05) is 0 Å². The summed E-state index contributed by atoms with van der Waals surface area (Å²) >= 11 is 4.50. The molecule has 0 aromatic rings. The number of nitrogens with one attached hydrogen (secondary N) is 1. The van der Waals surface area contributed by atoms with Gasteiger partial charge in [-0.1, -0.05) is 11.6 Å². The highest BCUT2D eigenvalue weighted by atomic mass is 35.5. The fourth-order valence-electron chi connectivity index (χ4n) is 0.160. The number of rotatable bonds is 1. The molecule has 0 bridgehead atoms. The van der Waals surface area contributed by atoms with Gasteiger partial charge in [-0.25, -0.2) is 10.2 Å². The zero-order valence-corrected chi connectivity index (χ0v) is 5.57. The van der Waals surface area contributed by atoms with Crippen LogP contribution in [0.4, 0.5) is 18.0 Å². The van der Waals surface area contributed by atoms with Gasteiger partial charge in [0.15, 0.2) is 0 Å². The lowest BCUT2D eigenvalue weighted by Gasteiger charge is -2.01. The molecule has 4 nitrogen and oxygen atoms in total. The van der Waals surface area contributed by atoms with Crippen LogP contribution >= 0.6 is 11.6 Å². The molecule has 0 aromatic heterocycles. The number of alkyl halides is 3. The molecule has 0 rings (SSSR count). The summed E-state index contributed by atoms with van der Waals surface area (Å²) in [5.41, 5.74) is 1.10. The largest absolute Gasteiger partial charge is 0.464 e. The van der Waals surface area contributed by atoms with Crippen LogP contribution in [0.2, 0.25) is 0 Å². The topological polar surface area (TPSA) is 61.7 Å². The number of carbonyl (C=O) groups is 1. The van der Waals surface area contributed by atoms with Gasteiger partial charge in [0.05, 0.1) is 0 Å². The Morgan fingerprint density at radius 2 is 2.00 bits per heavy atom. The number of halogens is 4. The Bertz CT molecular complexity index is 190. The molecule has 1 amide bonds. The molecule has 0 saturated heterocycles. The van der Waals surface area contributed by atoms with Crippen LogP contribution in [0.1, 0.15) is 0 Å². The number of hydrogen-bond donors (Lipinski definition) is 2. The summed E-state index contributed by atoms with van der Waals surface area (Å²) in [6.07, 6.45) is -6.53. The molecule has 0 saturated carbocycles. The SMILES string of the molecule is O=C(O)NN=C(Cl)C(F)(F)F. The molecule has 0 aliphatic rings. The van der Waals surface area contributed by atoms with Crippen LogP contribution in [-0.4, -0.2) is 22.5 Å². The summed E-state index contributed by atoms with van der Waals surface area (Å²) in [6, 6.07) is 0. The average Bonchev–Trinajstić information content (AvgIpc) is 1.80. The van der Waals surface area contributed by atoms with Gasteiger partial charge < -0.3 is 5.11 Å². The lowest BCUT2D eigenvalue weighted by atomic mass is 10.7. The summed E-state index contributed by atoms with van der Waals surface area (Å²) in [5, 5.41) is 8.32. The first kappa shape index (κ1) is 10.0. The molecular weight excluding hydrogens is 188 g/mol. The lowest BCUT2D eigenvalue weighted by molar-refractivity contribution is -0.0562. The van der Waals surface area contributed by atoms with E-state index in [4.69, 9.17) is 5.11 Å². The number of amides is 1. The van der Waals surface area contributed by atoms with E-state index in [0.717, 1.165) is 5.43 Å². The summed E-state index contributed by atoms with van der Waals surface area (Å²) in [7, 11) is 0. The summed E-state index contributed by atoms with van der Waals surface area (Å²) < 4.78 is 34.2. The average molecular weight is 191 g/mol. The minimum atomic E-state index is -4.82. The second-order valence-electron chi connectivity index (χ2n) is 1.32. The molecule has 0 heterocycles. The third-order valence-electron chi connectivity index (χ3n) is 0.484. The molecule has 0 aliphatic heterocycles. The maximum atomic E-state index is 11.4. The zero-order chi connectivity index (χ0) is 9.07. The molecule has 8 heteroatoms. The van der Waals surface area contributed by atoms with Crippen molar-refractivity contribution in [2.75, 3.05) is 0 Å². The normalized spacial score (nSPS) is 12.9. The minimum Gasteiger partial charge on any atom is -0.464 e. The van der Waals surface area contributed by atoms with Crippen LogP contribution in [-0.2, 0) is 0 Å². The second kappa shape index (κ2) is 3.42. The molecule has 0 fully saturated rings. The fourth-order valence-corrected chi connectivity index (χ4v) is 0.203. The van der Waals surface area contributed by atoms with Crippen molar-refractivity contribution in [3.05, 3.63) is 0 Å². The molecule has 2 N–H and O–H groups in total. The summed E-state index contributed by atoms with van der Waals surface area (Å²) in [6.45, 7) is 0. The van der Waals surface area contributed by atoms with Gasteiger partial charge >= 0.3 is 12.3 Å². The molecule has 0 atom stereocenters. The van der Waals surface area contributed by atoms with Crippen molar-refractivity contribution in [2.45, 2.75) is 6.18 Å². The Labute approximate surface area is 63.6 Å². The van der Waals surface area contributed by atoms with Gasteiger partial charge in [-0.3, -0.25) is 0 Å². The number of nitrogens with zero attached hydrogens (tertiary/aromatic N) is 1.